The molecule has 12 heteroatoms. The Labute approximate surface area is 332 Å². The van der Waals surface area contributed by atoms with Gasteiger partial charge in [0.25, 0.3) is 10.1 Å². The molecule has 0 atom stereocenters. The van der Waals surface area contributed by atoms with Crippen LogP contribution in [0.3, 0.4) is 0 Å². The van der Waals surface area contributed by atoms with Crippen molar-refractivity contribution < 1.29 is 30.6 Å². The maximum Gasteiger partial charge on any atom is 0.294 e. The molecule has 1 fully saturated rings. The number of carbonyl (C=O) groups excluding carboxylic acids is 1. The highest BCUT2D eigenvalue weighted by atomic mass is 32.2. The first kappa shape index (κ1) is 37.4. The zero-order valence-corrected chi connectivity index (χ0v) is 33.7. The van der Waals surface area contributed by atoms with Gasteiger partial charge in [0.05, 0.1) is 15.9 Å². The molecule has 10 nitrogen and oxygen atoms in total. The molecule has 4 aromatic rings. The van der Waals surface area contributed by atoms with Gasteiger partial charge >= 0.3 is 0 Å². The van der Waals surface area contributed by atoms with Crippen LogP contribution in [-0.4, -0.2) is 57.7 Å². The van der Waals surface area contributed by atoms with E-state index in [0.717, 1.165) is 57.5 Å². The van der Waals surface area contributed by atoms with Crippen molar-refractivity contribution >= 4 is 54.0 Å². The second-order valence-electron chi connectivity index (χ2n) is 16.3. The number of ketones is 1. The normalized spacial score (nSPS) is 17.6. The van der Waals surface area contributed by atoms with Crippen LogP contribution in [0.25, 0.3) is 33.4 Å². The molecule has 1 N–H and O–H groups in total. The summed E-state index contributed by atoms with van der Waals surface area (Å²) in [5.74, 6) is 0.557. The average Bonchev–Trinajstić information content (AvgIpc) is 3.83. The molecule has 0 amide bonds. The van der Waals surface area contributed by atoms with Gasteiger partial charge in [-0.25, -0.2) is 8.42 Å². The quantitative estimate of drug-likeness (QED) is 0.103. The van der Waals surface area contributed by atoms with Crippen molar-refractivity contribution in [3.63, 3.8) is 0 Å². The fourth-order valence-electron chi connectivity index (χ4n) is 8.91. The van der Waals surface area contributed by atoms with Gasteiger partial charge < -0.3 is 9.32 Å². The van der Waals surface area contributed by atoms with Gasteiger partial charge in [-0.15, -0.1) is 0 Å². The van der Waals surface area contributed by atoms with Crippen LogP contribution in [0.4, 0.5) is 17.1 Å². The number of sulfonamides is 1. The van der Waals surface area contributed by atoms with Crippen LogP contribution in [0.5, 0.6) is 0 Å². The molecule has 0 saturated carbocycles. The lowest BCUT2D eigenvalue weighted by atomic mass is 9.79. The lowest BCUT2D eigenvalue weighted by molar-refractivity contribution is -0.131. The van der Waals surface area contributed by atoms with Crippen LogP contribution in [0.15, 0.2) is 117 Å². The number of hydrogen-bond donors (Lipinski definition) is 1. The zero-order valence-electron chi connectivity index (χ0n) is 32.1. The van der Waals surface area contributed by atoms with Crippen LogP contribution in [0.1, 0.15) is 44.7 Å². The van der Waals surface area contributed by atoms with E-state index in [1.807, 2.05) is 69.3 Å². The Balaban J connectivity index is 1.21. The van der Waals surface area contributed by atoms with E-state index in [9.17, 15) is 26.2 Å². The first-order valence-electron chi connectivity index (χ1n) is 19.4. The molecule has 9 rings (SSSR count). The smallest absolute Gasteiger partial charge is 0.294 e. The summed E-state index contributed by atoms with van der Waals surface area (Å²) in [5.41, 5.74) is 7.19. The molecule has 1 aliphatic carbocycles. The van der Waals surface area contributed by atoms with Gasteiger partial charge in [-0.2, -0.15) is 17.3 Å². The fraction of sp³-hybridized carbons (Fsp3) is 0.289. The molecule has 4 heterocycles. The van der Waals surface area contributed by atoms with Crippen LogP contribution in [0.2, 0.25) is 0 Å². The Morgan fingerprint density at radius 2 is 1.54 bits per heavy atom. The van der Waals surface area contributed by atoms with Gasteiger partial charge in [0, 0.05) is 94.6 Å². The maximum atomic E-state index is 14.7. The SMILES string of the molecule is CC(C)(C)C(=O)C1CCN(S(=O)(=O)c2ccccc2-c2c3ccc(=[N+]4CCc5cc(S(=O)(=O)O)ccc54)cc-3oc3cc(N4CCc5ccccc54)ccc23)CC1. The molecule has 5 aliphatic rings. The minimum absolute atomic E-state index is 0.138. The number of nitrogens with zero attached hydrogens (tertiary/aromatic N) is 3. The van der Waals surface area contributed by atoms with Crippen molar-refractivity contribution in [2.75, 3.05) is 31.1 Å². The first-order chi connectivity index (χ1) is 27.2. The lowest BCUT2D eigenvalue weighted by Crippen LogP contribution is -2.42. The Morgan fingerprint density at radius 3 is 2.32 bits per heavy atom. The van der Waals surface area contributed by atoms with Crippen LogP contribution in [-0.2, 0) is 37.8 Å². The van der Waals surface area contributed by atoms with Crippen molar-refractivity contribution in [1.29, 1.82) is 0 Å². The Hall–Kier alpha value is -5.14. The third-order valence-electron chi connectivity index (χ3n) is 11.8. The van der Waals surface area contributed by atoms with E-state index in [2.05, 4.69) is 33.7 Å². The second kappa shape index (κ2) is 13.8. The molecule has 0 aromatic heterocycles. The van der Waals surface area contributed by atoms with Crippen LogP contribution in [0, 0.1) is 11.3 Å². The van der Waals surface area contributed by atoms with Crippen molar-refractivity contribution in [2.45, 2.75) is 56.2 Å². The fourth-order valence-corrected chi connectivity index (χ4v) is 11.1. The minimum Gasteiger partial charge on any atom is -0.456 e. The van der Waals surface area contributed by atoms with E-state index in [4.69, 9.17) is 4.42 Å². The molecule has 1 saturated heterocycles. The number of fused-ring (bicyclic) bond motifs is 4. The van der Waals surface area contributed by atoms with E-state index < -0.39 is 25.6 Å². The Bertz CT molecular complexity index is 2890. The van der Waals surface area contributed by atoms with Crippen molar-refractivity contribution in [3.05, 3.63) is 120 Å². The van der Waals surface area contributed by atoms with Gasteiger partial charge in [-0.1, -0.05) is 57.2 Å². The number of para-hydroxylation sites is 1. The molecule has 4 aliphatic heterocycles. The van der Waals surface area contributed by atoms with E-state index >= 15 is 0 Å². The number of carbonyl (C=O) groups is 1. The molecule has 0 radical (unpaired) electrons. The molecule has 0 bridgehead atoms. The van der Waals surface area contributed by atoms with E-state index in [-0.39, 0.29) is 34.6 Å². The summed E-state index contributed by atoms with van der Waals surface area (Å²) >= 11 is 0. The highest BCUT2D eigenvalue weighted by Gasteiger charge is 2.37. The molecule has 0 unspecified atom stereocenters. The summed E-state index contributed by atoms with van der Waals surface area (Å²) in [6.45, 7) is 7.69. The van der Waals surface area contributed by atoms with Gasteiger partial charge in [-0.05, 0) is 67.3 Å². The van der Waals surface area contributed by atoms with E-state index in [1.54, 1.807) is 18.2 Å². The van der Waals surface area contributed by atoms with Gasteiger partial charge in [-0.3, -0.25) is 9.35 Å². The number of Topliss-reactive ketones (excluding diaryl/α,β-unsaturated/α-hetero) is 1. The summed E-state index contributed by atoms with van der Waals surface area (Å²) in [5, 5.41) is 1.60. The van der Waals surface area contributed by atoms with Gasteiger partial charge in [0.2, 0.25) is 21.1 Å². The molecule has 292 valence electrons. The van der Waals surface area contributed by atoms with Gasteiger partial charge in [0.1, 0.15) is 17.1 Å². The molecular weight excluding hydrogens is 759 g/mol. The summed E-state index contributed by atoms with van der Waals surface area (Å²) in [6.07, 6.45) is 2.48. The third kappa shape index (κ3) is 6.58. The predicted octanol–water partition coefficient (Wildman–Crippen LogP) is 7.82. The summed E-state index contributed by atoms with van der Waals surface area (Å²) in [4.78, 5) is 15.4. The lowest BCUT2D eigenvalue weighted by Gasteiger charge is -2.33. The van der Waals surface area contributed by atoms with Crippen LogP contribution >= 0.6 is 0 Å². The largest absolute Gasteiger partial charge is 0.456 e. The zero-order chi connectivity index (χ0) is 39.9. The van der Waals surface area contributed by atoms with Crippen molar-refractivity contribution in [1.82, 2.24) is 8.88 Å². The van der Waals surface area contributed by atoms with E-state index in [1.165, 1.54) is 22.0 Å². The summed E-state index contributed by atoms with van der Waals surface area (Å²) in [6, 6.07) is 32.2. The first-order valence-corrected chi connectivity index (χ1v) is 22.3. The highest BCUT2D eigenvalue weighted by Crippen LogP contribution is 2.45. The standard InChI is InChI=1S/C45H43N3O7S2/c1-45(2,3)44(49)30-18-22-46(23-19-30)56(50,51)42-11-7-5-9-37(42)43-35-15-12-32(47-24-20-29-8-4-6-10-38(29)47)27-40(35)55-41-28-33(13-16-36(41)43)48-25-21-31-26-34(57(52,53)54)14-17-39(31)48/h4-17,26-28,30H,18-25H2,1-3H3/p+1. The predicted molar refractivity (Wildman–Crippen MR) is 221 cm³/mol. The Morgan fingerprint density at radius 1 is 0.789 bits per heavy atom. The summed E-state index contributed by atoms with van der Waals surface area (Å²) in [7, 11) is -8.31. The monoisotopic (exact) mass is 802 g/mol. The van der Waals surface area contributed by atoms with E-state index in [0.29, 0.717) is 42.7 Å². The molecule has 57 heavy (non-hydrogen) atoms. The Kier molecular flexibility index (Phi) is 9.04. The highest BCUT2D eigenvalue weighted by molar-refractivity contribution is 7.89. The average molecular weight is 803 g/mol. The second-order valence-corrected chi connectivity index (χ2v) is 19.7. The summed E-state index contributed by atoms with van der Waals surface area (Å²) < 4.78 is 73.1. The number of piperidine rings is 1. The number of rotatable bonds is 6. The third-order valence-corrected chi connectivity index (χ3v) is 14.6. The number of anilines is 2. The van der Waals surface area contributed by atoms with Gasteiger partial charge in [0.15, 0.2) is 6.54 Å². The topological polar surface area (TPSA) is 128 Å². The van der Waals surface area contributed by atoms with Crippen molar-refractivity contribution in [3.8, 4) is 22.5 Å². The minimum atomic E-state index is -4.34. The molecular formula is C45H44N3O7S2+. The molecule has 4 aromatic carbocycles. The number of benzene rings is 5. The maximum absolute atomic E-state index is 14.7. The van der Waals surface area contributed by atoms with Crippen molar-refractivity contribution in [2.24, 2.45) is 11.3 Å². The van der Waals surface area contributed by atoms with Crippen LogP contribution < -0.4 is 14.8 Å². The molecule has 0 spiro atoms. The number of hydrogen-bond acceptors (Lipinski definition) is 7.